The minimum absolute atomic E-state index is 0.0210. The second kappa shape index (κ2) is 8.36. The topological polar surface area (TPSA) is 81.1 Å². The summed E-state index contributed by atoms with van der Waals surface area (Å²) in [5, 5.41) is 2.52. The molecule has 1 atom stereocenters. The molecule has 7 heteroatoms. The van der Waals surface area contributed by atoms with Crippen molar-refractivity contribution in [1.82, 2.24) is 14.9 Å². The van der Waals surface area contributed by atoms with Crippen molar-refractivity contribution in [3.8, 4) is 5.69 Å². The van der Waals surface area contributed by atoms with Gasteiger partial charge < -0.3 is 14.4 Å². The lowest BCUT2D eigenvalue weighted by atomic mass is 10.1. The zero-order valence-electron chi connectivity index (χ0n) is 15.8. The Labute approximate surface area is 164 Å². The number of aromatic nitrogens is 2. The zero-order valence-corrected chi connectivity index (χ0v) is 16.7. The quantitative estimate of drug-likeness (QED) is 0.376. The molecule has 0 saturated carbocycles. The molecule has 28 heavy (non-hydrogen) atoms. The highest BCUT2D eigenvalue weighted by Gasteiger charge is 2.21. The summed E-state index contributed by atoms with van der Waals surface area (Å²) >= 11 is 0. The summed E-state index contributed by atoms with van der Waals surface area (Å²) < 4.78 is 14.8. The number of hydrogen-bond acceptors (Lipinski definition) is 4. The Morgan fingerprint density at radius 3 is 2.36 bits per heavy atom. The van der Waals surface area contributed by atoms with Crippen LogP contribution in [0.15, 0.2) is 67.0 Å². The number of aryl methyl sites for hydroxylation is 1. The number of Topliss-reactive ketones (excluding diaryl/α,β-unsaturated/α-hetero) is 1. The van der Waals surface area contributed by atoms with Gasteiger partial charge in [-0.15, -0.1) is 0 Å². The average molecular weight is 395 g/mol. The van der Waals surface area contributed by atoms with Gasteiger partial charge >= 0.3 is 0 Å². The lowest BCUT2D eigenvalue weighted by Gasteiger charge is -2.14. The largest absolute Gasteiger partial charge is 0.342 e. The minimum atomic E-state index is -2.69. The SMILES string of the molecule is Cc1nccn1-c1ccc(CP(C)(=O)CNC(=O)C(=O)c2ccccc2)cc1. The normalized spacial score (nSPS) is 12.9. The molecule has 0 radical (unpaired) electrons. The maximum absolute atomic E-state index is 12.9. The number of imidazole rings is 1. The molecular formula is C21H22N3O3P. The van der Waals surface area contributed by atoms with Crippen LogP contribution in [0, 0.1) is 6.92 Å². The van der Waals surface area contributed by atoms with Crippen LogP contribution in [-0.4, -0.2) is 34.2 Å². The number of hydrogen-bond donors (Lipinski definition) is 1. The summed E-state index contributed by atoms with van der Waals surface area (Å²) in [5.74, 6) is -0.473. The van der Waals surface area contributed by atoms with E-state index in [4.69, 9.17) is 0 Å². The van der Waals surface area contributed by atoms with E-state index in [1.54, 1.807) is 43.2 Å². The minimum Gasteiger partial charge on any atom is -0.342 e. The lowest BCUT2D eigenvalue weighted by molar-refractivity contribution is -0.116. The Hall–Kier alpha value is -2.98. The maximum atomic E-state index is 12.9. The number of carbonyl (C=O) groups excluding carboxylic acids is 2. The standard InChI is InChI=1S/C21H22N3O3P/c1-16-22-12-13-24(16)19-10-8-17(9-11-19)14-28(2,27)15-23-21(26)20(25)18-6-4-3-5-7-18/h3-13H,14-15H2,1-2H3,(H,23,26). The number of amides is 1. The molecule has 1 unspecified atom stereocenters. The van der Waals surface area contributed by atoms with Crippen molar-refractivity contribution in [3.05, 3.63) is 83.9 Å². The lowest BCUT2D eigenvalue weighted by Crippen LogP contribution is -2.31. The van der Waals surface area contributed by atoms with Crippen LogP contribution in [0.4, 0.5) is 0 Å². The molecule has 3 rings (SSSR count). The van der Waals surface area contributed by atoms with Gasteiger partial charge in [-0.05, 0) is 31.3 Å². The third kappa shape index (κ3) is 4.84. The van der Waals surface area contributed by atoms with Gasteiger partial charge in [-0.1, -0.05) is 42.5 Å². The molecule has 0 bridgehead atoms. The molecule has 1 amide bonds. The van der Waals surface area contributed by atoms with Crippen LogP contribution >= 0.6 is 7.14 Å². The van der Waals surface area contributed by atoms with E-state index >= 15 is 0 Å². The van der Waals surface area contributed by atoms with E-state index < -0.39 is 18.8 Å². The zero-order chi connectivity index (χ0) is 20.1. The van der Waals surface area contributed by atoms with Crippen LogP contribution in [0.5, 0.6) is 0 Å². The molecule has 6 nitrogen and oxygen atoms in total. The van der Waals surface area contributed by atoms with Gasteiger partial charge in [0.15, 0.2) is 0 Å². The Kier molecular flexibility index (Phi) is 5.90. The first-order valence-corrected chi connectivity index (χ1v) is 11.4. The first-order chi connectivity index (χ1) is 13.4. The molecule has 144 valence electrons. The van der Waals surface area contributed by atoms with Crippen LogP contribution in [0.1, 0.15) is 21.7 Å². The molecule has 0 aliphatic rings. The molecule has 3 aromatic rings. The van der Waals surface area contributed by atoms with Gasteiger partial charge in [-0.25, -0.2) is 4.98 Å². The van der Waals surface area contributed by atoms with Crippen molar-refractivity contribution < 1.29 is 14.2 Å². The molecule has 1 N–H and O–H groups in total. The van der Waals surface area contributed by atoms with Gasteiger partial charge in [0.05, 0.1) is 6.29 Å². The summed E-state index contributed by atoms with van der Waals surface area (Å²) in [4.78, 5) is 28.4. The van der Waals surface area contributed by atoms with Crippen molar-refractivity contribution in [3.63, 3.8) is 0 Å². The second-order valence-corrected chi connectivity index (χ2v) is 10.1. The van der Waals surface area contributed by atoms with Gasteiger partial charge in [-0.2, -0.15) is 0 Å². The molecular weight excluding hydrogens is 373 g/mol. The van der Waals surface area contributed by atoms with Crippen molar-refractivity contribution in [2.75, 3.05) is 13.0 Å². The van der Waals surface area contributed by atoms with Crippen LogP contribution in [0.2, 0.25) is 0 Å². The number of ketones is 1. The van der Waals surface area contributed by atoms with Crippen molar-refractivity contribution >= 4 is 18.8 Å². The smallest absolute Gasteiger partial charge is 0.292 e. The van der Waals surface area contributed by atoms with Crippen molar-refractivity contribution in [2.45, 2.75) is 13.1 Å². The van der Waals surface area contributed by atoms with E-state index in [0.717, 1.165) is 17.1 Å². The Morgan fingerprint density at radius 2 is 1.75 bits per heavy atom. The summed E-state index contributed by atoms with van der Waals surface area (Å²) in [6.07, 6.45) is 3.94. The number of rotatable bonds is 7. The molecule has 0 saturated heterocycles. The highest BCUT2D eigenvalue weighted by molar-refractivity contribution is 7.62. The van der Waals surface area contributed by atoms with Crippen molar-refractivity contribution in [1.29, 1.82) is 0 Å². The summed E-state index contributed by atoms with van der Waals surface area (Å²) in [6.45, 7) is 3.56. The van der Waals surface area contributed by atoms with Gasteiger partial charge in [0.1, 0.15) is 13.0 Å². The van der Waals surface area contributed by atoms with Crippen LogP contribution in [0.25, 0.3) is 5.69 Å². The van der Waals surface area contributed by atoms with Crippen LogP contribution in [0.3, 0.4) is 0 Å². The Bertz CT molecular complexity index is 1030. The molecule has 0 fully saturated rings. The fraction of sp³-hybridized carbons (Fsp3) is 0.190. The van der Waals surface area contributed by atoms with E-state index in [-0.39, 0.29) is 6.29 Å². The van der Waals surface area contributed by atoms with Gasteiger partial charge in [0, 0.05) is 29.8 Å². The fourth-order valence-electron chi connectivity index (χ4n) is 2.89. The number of nitrogens with one attached hydrogen (secondary N) is 1. The van der Waals surface area contributed by atoms with E-state index in [9.17, 15) is 14.2 Å². The molecule has 1 aromatic heterocycles. The van der Waals surface area contributed by atoms with E-state index in [1.165, 1.54) is 0 Å². The van der Waals surface area contributed by atoms with Crippen LogP contribution in [-0.2, 0) is 15.5 Å². The number of nitrogens with zero attached hydrogens (tertiary/aromatic N) is 2. The number of carbonyl (C=O) groups is 2. The predicted octanol–water partition coefficient (Wildman–Crippen LogP) is 3.63. The fourth-order valence-corrected chi connectivity index (χ4v) is 4.47. The number of benzene rings is 2. The Balaban J connectivity index is 1.59. The molecule has 1 heterocycles. The summed E-state index contributed by atoms with van der Waals surface area (Å²) in [7, 11) is -2.69. The molecule has 0 aliphatic carbocycles. The molecule has 0 aliphatic heterocycles. The van der Waals surface area contributed by atoms with Gasteiger partial charge in [0.2, 0.25) is 5.78 Å². The molecule has 2 aromatic carbocycles. The first-order valence-electron chi connectivity index (χ1n) is 8.88. The van der Waals surface area contributed by atoms with E-state index in [0.29, 0.717) is 11.7 Å². The van der Waals surface area contributed by atoms with Crippen molar-refractivity contribution in [2.24, 2.45) is 0 Å². The predicted molar refractivity (Wildman–Crippen MR) is 109 cm³/mol. The summed E-state index contributed by atoms with van der Waals surface area (Å²) in [5.41, 5.74) is 2.21. The average Bonchev–Trinajstić information content (AvgIpc) is 3.12. The maximum Gasteiger partial charge on any atom is 0.292 e. The first kappa shape index (κ1) is 19.8. The Morgan fingerprint density at radius 1 is 1.07 bits per heavy atom. The van der Waals surface area contributed by atoms with E-state index in [2.05, 4.69) is 10.3 Å². The second-order valence-electron chi connectivity index (χ2n) is 6.83. The highest BCUT2D eigenvalue weighted by Crippen LogP contribution is 2.43. The summed E-state index contributed by atoms with van der Waals surface area (Å²) in [6, 6.07) is 16.1. The van der Waals surface area contributed by atoms with Gasteiger partial charge in [0.25, 0.3) is 5.91 Å². The van der Waals surface area contributed by atoms with Crippen LogP contribution < -0.4 is 5.32 Å². The van der Waals surface area contributed by atoms with Gasteiger partial charge in [-0.3, -0.25) is 9.59 Å². The third-order valence-corrected chi connectivity index (χ3v) is 6.23. The highest BCUT2D eigenvalue weighted by atomic mass is 31.2. The third-order valence-electron chi connectivity index (χ3n) is 4.37. The van der Waals surface area contributed by atoms with E-state index in [1.807, 2.05) is 42.0 Å². The monoisotopic (exact) mass is 395 g/mol. The molecule has 0 spiro atoms.